The van der Waals surface area contributed by atoms with E-state index in [1.807, 2.05) is 24.3 Å². The largest absolute Gasteiger partial charge is 0.419 e. The maximum Gasteiger partial charge on any atom is 0.419 e. The van der Waals surface area contributed by atoms with Crippen LogP contribution in [0.3, 0.4) is 0 Å². The molecule has 1 N–H and O–H groups in total. The van der Waals surface area contributed by atoms with Crippen LogP contribution in [0.1, 0.15) is 22.7 Å². The molecule has 0 saturated carbocycles. The third kappa shape index (κ3) is 3.74. The number of halogens is 5. The highest BCUT2D eigenvalue weighted by Crippen LogP contribution is 2.34. The first-order valence-electron chi connectivity index (χ1n) is 6.12. The average molecular weight is 409 g/mol. The fraction of sp³-hybridized carbons (Fsp3) is 0.200. The topological polar surface area (TPSA) is 12.0 Å². The normalized spacial score (nSPS) is 13.2. The fourth-order valence-electron chi connectivity index (χ4n) is 2.12. The van der Waals surface area contributed by atoms with Crippen LogP contribution in [0, 0.1) is 9.39 Å². The van der Waals surface area contributed by atoms with E-state index in [1.54, 1.807) is 7.05 Å². The van der Waals surface area contributed by atoms with Crippen molar-refractivity contribution in [1.82, 2.24) is 5.32 Å². The van der Waals surface area contributed by atoms with Crippen molar-refractivity contribution in [1.29, 1.82) is 0 Å². The summed E-state index contributed by atoms with van der Waals surface area (Å²) in [6.45, 7) is 0. The van der Waals surface area contributed by atoms with Gasteiger partial charge in [-0.15, -0.1) is 0 Å². The molecule has 0 bridgehead atoms. The zero-order chi connectivity index (χ0) is 15.6. The summed E-state index contributed by atoms with van der Waals surface area (Å²) in [5, 5.41) is 2.96. The summed E-state index contributed by atoms with van der Waals surface area (Å²) in [7, 11) is 1.65. The first-order valence-corrected chi connectivity index (χ1v) is 7.20. The van der Waals surface area contributed by atoms with E-state index >= 15 is 0 Å². The Morgan fingerprint density at radius 3 is 2.10 bits per heavy atom. The van der Waals surface area contributed by atoms with Crippen LogP contribution in [0.15, 0.2) is 42.5 Å². The van der Waals surface area contributed by atoms with Gasteiger partial charge in [-0.3, -0.25) is 0 Å². The highest BCUT2D eigenvalue weighted by atomic mass is 127. The Labute approximate surface area is 133 Å². The van der Waals surface area contributed by atoms with Gasteiger partial charge in [0, 0.05) is 3.57 Å². The Balaban J connectivity index is 2.46. The minimum absolute atomic E-state index is 0.368. The minimum Gasteiger partial charge on any atom is -0.309 e. The van der Waals surface area contributed by atoms with Crippen LogP contribution in [-0.2, 0) is 6.18 Å². The first-order chi connectivity index (χ1) is 9.82. The smallest absolute Gasteiger partial charge is 0.309 e. The van der Waals surface area contributed by atoms with Crippen LogP contribution in [-0.4, -0.2) is 7.05 Å². The predicted molar refractivity (Wildman–Crippen MR) is 81.5 cm³/mol. The molecule has 0 aromatic heterocycles. The molecule has 21 heavy (non-hydrogen) atoms. The Bertz CT molecular complexity index is 623. The van der Waals surface area contributed by atoms with Gasteiger partial charge < -0.3 is 5.32 Å². The van der Waals surface area contributed by atoms with Gasteiger partial charge in [-0.25, -0.2) is 4.39 Å². The molecule has 0 saturated heterocycles. The van der Waals surface area contributed by atoms with E-state index in [4.69, 9.17) is 0 Å². The number of hydrogen-bond donors (Lipinski definition) is 1. The van der Waals surface area contributed by atoms with E-state index in [2.05, 4.69) is 27.9 Å². The molecule has 0 aliphatic rings. The Kier molecular flexibility index (Phi) is 4.88. The van der Waals surface area contributed by atoms with Crippen molar-refractivity contribution in [3.05, 3.63) is 68.5 Å². The molecule has 0 fully saturated rings. The summed E-state index contributed by atoms with van der Waals surface area (Å²) < 4.78 is 52.7. The van der Waals surface area contributed by atoms with Gasteiger partial charge in [0.1, 0.15) is 5.82 Å². The molecule has 0 amide bonds. The molecule has 1 unspecified atom stereocenters. The van der Waals surface area contributed by atoms with E-state index < -0.39 is 23.6 Å². The summed E-state index contributed by atoms with van der Waals surface area (Å²) >= 11 is 2.15. The van der Waals surface area contributed by atoms with Gasteiger partial charge in [-0.2, -0.15) is 13.2 Å². The van der Waals surface area contributed by atoms with E-state index in [-0.39, 0.29) is 0 Å². The summed E-state index contributed by atoms with van der Waals surface area (Å²) in [4.78, 5) is 0. The monoisotopic (exact) mass is 409 g/mol. The van der Waals surface area contributed by atoms with E-state index in [0.29, 0.717) is 5.56 Å². The molecule has 0 heterocycles. The summed E-state index contributed by atoms with van der Waals surface area (Å²) in [5.41, 5.74) is -0.0594. The highest BCUT2D eigenvalue weighted by Gasteiger charge is 2.34. The molecule has 0 aliphatic heterocycles. The van der Waals surface area contributed by atoms with Crippen LogP contribution in [0.2, 0.25) is 0 Å². The SMILES string of the molecule is CNC(c1ccc(I)cc1)c1ccc(F)c(C(F)(F)F)c1. The van der Waals surface area contributed by atoms with E-state index in [1.165, 1.54) is 6.07 Å². The molecule has 0 spiro atoms. The lowest BCUT2D eigenvalue weighted by Gasteiger charge is -2.19. The molecule has 0 aliphatic carbocycles. The Hall–Kier alpha value is -1.15. The number of rotatable bonds is 3. The standard InChI is InChI=1S/C15H12F4IN/c1-21-14(9-2-5-11(20)6-3-9)10-4-7-13(16)12(8-10)15(17,18)19/h2-8,14,21H,1H3. The van der Waals surface area contributed by atoms with Gasteiger partial charge in [0.15, 0.2) is 0 Å². The lowest BCUT2D eigenvalue weighted by atomic mass is 9.97. The van der Waals surface area contributed by atoms with Crippen molar-refractivity contribution in [3.63, 3.8) is 0 Å². The summed E-state index contributed by atoms with van der Waals surface area (Å²) in [6, 6.07) is 10.1. The zero-order valence-electron chi connectivity index (χ0n) is 11.0. The van der Waals surface area contributed by atoms with Gasteiger partial charge in [0.25, 0.3) is 0 Å². The molecule has 2 aromatic rings. The predicted octanol–water partition coefficient (Wildman–Crippen LogP) is 4.76. The minimum atomic E-state index is -4.70. The van der Waals surface area contributed by atoms with Crippen molar-refractivity contribution in [2.75, 3.05) is 7.05 Å². The van der Waals surface area contributed by atoms with Crippen LogP contribution >= 0.6 is 22.6 Å². The number of benzene rings is 2. The summed E-state index contributed by atoms with van der Waals surface area (Å²) in [5.74, 6) is -1.26. The van der Waals surface area contributed by atoms with Gasteiger partial charge in [0.2, 0.25) is 0 Å². The third-order valence-electron chi connectivity index (χ3n) is 3.12. The van der Waals surface area contributed by atoms with Crippen LogP contribution in [0.25, 0.3) is 0 Å². The number of nitrogens with one attached hydrogen (secondary N) is 1. The fourth-order valence-corrected chi connectivity index (χ4v) is 2.48. The second kappa shape index (κ2) is 6.31. The van der Waals surface area contributed by atoms with Crippen molar-refractivity contribution in [2.45, 2.75) is 12.2 Å². The first kappa shape index (κ1) is 16.2. The molecular formula is C15H12F4IN. The van der Waals surface area contributed by atoms with Gasteiger partial charge in [0.05, 0.1) is 11.6 Å². The van der Waals surface area contributed by atoms with Crippen LogP contribution in [0.4, 0.5) is 17.6 Å². The van der Waals surface area contributed by atoms with Crippen molar-refractivity contribution < 1.29 is 17.6 Å². The third-order valence-corrected chi connectivity index (χ3v) is 3.84. The van der Waals surface area contributed by atoms with Gasteiger partial charge >= 0.3 is 6.18 Å². The molecule has 1 atom stereocenters. The average Bonchev–Trinajstić information content (AvgIpc) is 2.42. The summed E-state index contributed by atoms with van der Waals surface area (Å²) in [6.07, 6.45) is -4.70. The molecule has 112 valence electrons. The van der Waals surface area contributed by atoms with Crippen LogP contribution < -0.4 is 5.32 Å². The molecule has 2 aromatic carbocycles. The highest BCUT2D eigenvalue weighted by molar-refractivity contribution is 14.1. The van der Waals surface area contributed by atoms with Gasteiger partial charge in [-0.05, 0) is 65.0 Å². The van der Waals surface area contributed by atoms with Crippen LogP contribution in [0.5, 0.6) is 0 Å². The molecule has 6 heteroatoms. The van der Waals surface area contributed by atoms with Crippen molar-refractivity contribution in [3.8, 4) is 0 Å². The van der Waals surface area contributed by atoms with Crippen molar-refractivity contribution in [2.24, 2.45) is 0 Å². The maximum atomic E-state index is 13.3. The zero-order valence-corrected chi connectivity index (χ0v) is 13.2. The maximum absolute atomic E-state index is 13.3. The Morgan fingerprint density at radius 1 is 1.00 bits per heavy atom. The second-order valence-corrected chi connectivity index (χ2v) is 5.76. The van der Waals surface area contributed by atoms with Crippen molar-refractivity contribution >= 4 is 22.6 Å². The molecule has 1 nitrogen and oxygen atoms in total. The van der Waals surface area contributed by atoms with Gasteiger partial charge in [-0.1, -0.05) is 18.2 Å². The quantitative estimate of drug-likeness (QED) is 0.570. The Morgan fingerprint density at radius 2 is 1.57 bits per heavy atom. The van der Waals surface area contributed by atoms with E-state index in [0.717, 1.165) is 21.3 Å². The molecule has 0 radical (unpaired) electrons. The lowest BCUT2D eigenvalue weighted by molar-refractivity contribution is -0.140. The number of alkyl halides is 3. The molecule has 2 rings (SSSR count). The number of hydrogen-bond acceptors (Lipinski definition) is 1. The lowest BCUT2D eigenvalue weighted by Crippen LogP contribution is -2.19. The molecular weight excluding hydrogens is 397 g/mol. The van der Waals surface area contributed by atoms with E-state index in [9.17, 15) is 17.6 Å². The second-order valence-electron chi connectivity index (χ2n) is 4.51.